The molecule has 0 radical (unpaired) electrons. The van der Waals surface area contributed by atoms with Crippen LogP contribution in [-0.2, 0) is 16.7 Å². The molecule has 0 fully saturated rings. The topological polar surface area (TPSA) is 74.6 Å². The summed E-state index contributed by atoms with van der Waals surface area (Å²) in [5, 5.41) is 9.47. The molecule has 0 amide bonds. The third-order valence-electron chi connectivity index (χ3n) is 2.85. The molecule has 0 aliphatic heterocycles. The van der Waals surface area contributed by atoms with Gasteiger partial charge in [0.15, 0.2) is 0 Å². The van der Waals surface area contributed by atoms with Gasteiger partial charge in [-0.15, -0.1) is 0 Å². The Morgan fingerprint density at radius 1 is 1.32 bits per heavy atom. The molecular weight excluding hydrogens is 266 g/mol. The number of benzene rings is 1. The zero-order valence-corrected chi connectivity index (χ0v) is 12.6. The number of hydrogen-bond acceptors (Lipinski definition) is 3. The Kier molecular flexibility index (Phi) is 4.73. The van der Waals surface area contributed by atoms with Crippen LogP contribution in [0.2, 0.25) is 0 Å². The van der Waals surface area contributed by atoms with Crippen LogP contribution in [0.1, 0.15) is 18.1 Å². The maximum Gasteiger partial charge on any atom is 0.295 e. The van der Waals surface area contributed by atoms with Gasteiger partial charge in [-0.3, -0.25) is 4.55 Å². The Morgan fingerprint density at radius 2 is 1.89 bits per heavy atom. The summed E-state index contributed by atoms with van der Waals surface area (Å²) in [4.78, 5) is -0.0603. The Morgan fingerprint density at radius 3 is 2.37 bits per heavy atom. The van der Waals surface area contributed by atoms with Gasteiger partial charge in [-0.25, -0.2) is 0 Å². The molecule has 0 aliphatic carbocycles. The number of hydrogen-bond donors (Lipinski definition) is 2. The molecule has 0 saturated carbocycles. The molecule has 0 heterocycles. The van der Waals surface area contributed by atoms with E-state index in [0.717, 1.165) is 5.56 Å². The molecule has 1 aromatic rings. The molecule has 0 saturated heterocycles. The number of likely N-dealkylation sites (N-methyl/N-ethyl adjacent to an activating group) is 1. The molecule has 1 atom stereocenters. The van der Waals surface area contributed by atoms with Gasteiger partial charge in [0.2, 0.25) is 0 Å². The van der Waals surface area contributed by atoms with Crippen LogP contribution in [0.4, 0.5) is 0 Å². The fourth-order valence-electron chi connectivity index (χ4n) is 2.32. The van der Waals surface area contributed by atoms with Crippen LogP contribution in [0.25, 0.3) is 0 Å². The first-order valence-corrected chi connectivity index (χ1v) is 7.52. The van der Waals surface area contributed by atoms with Crippen molar-refractivity contribution >= 4 is 10.1 Å². The van der Waals surface area contributed by atoms with Crippen molar-refractivity contribution in [1.29, 1.82) is 0 Å². The molecule has 1 rings (SSSR count). The van der Waals surface area contributed by atoms with E-state index < -0.39 is 16.2 Å². The maximum absolute atomic E-state index is 11.4. The van der Waals surface area contributed by atoms with E-state index >= 15 is 0 Å². The summed E-state index contributed by atoms with van der Waals surface area (Å²) in [6.07, 6.45) is -0.478. The van der Waals surface area contributed by atoms with Crippen molar-refractivity contribution < 1.29 is 22.6 Å². The summed E-state index contributed by atoms with van der Waals surface area (Å²) >= 11 is 0. The van der Waals surface area contributed by atoms with Crippen LogP contribution in [0.15, 0.2) is 23.1 Å². The van der Waals surface area contributed by atoms with Gasteiger partial charge < -0.3 is 9.59 Å². The van der Waals surface area contributed by atoms with E-state index in [4.69, 9.17) is 0 Å². The van der Waals surface area contributed by atoms with Gasteiger partial charge in [-0.2, -0.15) is 8.42 Å². The lowest BCUT2D eigenvalue weighted by atomic mass is 10.1. The van der Waals surface area contributed by atoms with Crippen molar-refractivity contribution in [3.63, 3.8) is 0 Å². The lowest BCUT2D eigenvalue weighted by Crippen LogP contribution is -2.44. The summed E-state index contributed by atoms with van der Waals surface area (Å²) in [6, 6.07) is 4.83. The summed E-state index contributed by atoms with van der Waals surface area (Å²) < 4.78 is 32.4. The van der Waals surface area contributed by atoms with E-state index in [1.165, 1.54) is 6.07 Å². The van der Waals surface area contributed by atoms with Gasteiger partial charge in [0.05, 0.1) is 14.1 Å². The van der Waals surface area contributed by atoms with Crippen molar-refractivity contribution in [2.24, 2.45) is 0 Å². The summed E-state index contributed by atoms with van der Waals surface area (Å²) in [5.74, 6) is 0. The third-order valence-corrected chi connectivity index (χ3v) is 3.80. The van der Waals surface area contributed by atoms with Crippen molar-refractivity contribution in [1.82, 2.24) is 0 Å². The SMILES string of the molecule is Cc1ccc(S(=O)(=O)O)c(C[N+](C)(C)C[C@H](C)O)c1. The van der Waals surface area contributed by atoms with Crippen LogP contribution in [0, 0.1) is 6.92 Å². The largest absolute Gasteiger partial charge is 0.388 e. The summed E-state index contributed by atoms with van der Waals surface area (Å²) in [5.41, 5.74) is 1.49. The van der Waals surface area contributed by atoms with E-state index in [9.17, 15) is 18.1 Å². The molecule has 19 heavy (non-hydrogen) atoms. The third kappa shape index (κ3) is 4.91. The Hall–Kier alpha value is -0.950. The normalized spacial score (nSPS) is 14.4. The second-order valence-corrected chi connectivity index (χ2v) is 7.10. The number of aliphatic hydroxyl groups excluding tert-OH is 1. The van der Waals surface area contributed by atoms with Crippen molar-refractivity contribution in [2.75, 3.05) is 20.6 Å². The van der Waals surface area contributed by atoms with Crippen LogP contribution in [0.5, 0.6) is 0 Å². The molecule has 0 aromatic heterocycles. The smallest absolute Gasteiger partial charge is 0.295 e. The first kappa shape index (κ1) is 16.1. The van der Waals surface area contributed by atoms with E-state index in [0.29, 0.717) is 23.1 Å². The molecule has 0 unspecified atom stereocenters. The lowest BCUT2D eigenvalue weighted by Gasteiger charge is -2.31. The van der Waals surface area contributed by atoms with Crippen LogP contribution in [0.3, 0.4) is 0 Å². The predicted molar refractivity (Wildman–Crippen MR) is 73.4 cm³/mol. The van der Waals surface area contributed by atoms with Crippen molar-refractivity contribution in [3.8, 4) is 0 Å². The van der Waals surface area contributed by atoms with Gasteiger partial charge in [-0.05, 0) is 26.0 Å². The van der Waals surface area contributed by atoms with Gasteiger partial charge in [-0.1, -0.05) is 11.6 Å². The Balaban J connectivity index is 3.16. The predicted octanol–water partition coefficient (Wildman–Crippen LogP) is 1.20. The number of quaternary nitrogens is 1. The van der Waals surface area contributed by atoms with Crippen LogP contribution >= 0.6 is 0 Å². The second kappa shape index (κ2) is 5.58. The Bertz CT molecular complexity index is 550. The minimum Gasteiger partial charge on any atom is -0.388 e. The number of rotatable bonds is 5. The molecular formula is C13H22NO4S+. The first-order valence-electron chi connectivity index (χ1n) is 6.08. The van der Waals surface area contributed by atoms with E-state index in [-0.39, 0.29) is 4.90 Å². The zero-order valence-electron chi connectivity index (χ0n) is 11.8. The number of nitrogens with zero attached hydrogens (tertiary/aromatic N) is 1. The zero-order chi connectivity index (χ0) is 14.8. The number of aryl methyl sites for hydroxylation is 1. The summed E-state index contributed by atoms with van der Waals surface area (Å²) in [6.45, 7) is 4.48. The van der Waals surface area contributed by atoms with Crippen molar-refractivity contribution in [2.45, 2.75) is 31.4 Å². The van der Waals surface area contributed by atoms with E-state index in [1.807, 2.05) is 21.0 Å². The highest BCUT2D eigenvalue weighted by Gasteiger charge is 2.24. The minimum absolute atomic E-state index is 0.0603. The van der Waals surface area contributed by atoms with E-state index in [1.54, 1.807) is 19.1 Å². The molecule has 6 heteroatoms. The average molecular weight is 288 g/mol. The van der Waals surface area contributed by atoms with Gasteiger partial charge >= 0.3 is 0 Å². The summed E-state index contributed by atoms with van der Waals surface area (Å²) in [7, 11) is -0.412. The van der Waals surface area contributed by atoms with Crippen molar-refractivity contribution in [3.05, 3.63) is 29.3 Å². The highest BCUT2D eigenvalue weighted by Crippen LogP contribution is 2.21. The maximum atomic E-state index is 11.4. The molecule has 0 bridgehead atoms. The standard InChI is InChI=1S/C13H21NO4S/c1-10-5-6-13(19(16,17)18)12(7-10)9-14(3,4)8-11(2)15/h5-7,11,15H,8-9H2,1-4H3/p+1/t11-/m0/s1. The molecule has 0 spiro atoms. The monoisotopic (exact) mass is 288 g/mol. The van der Waals surface area contributed by atoms with Gasteiger partial charge in [0.25, 0.3) is 10.1 Å². The fourth-order valence-corrected chi connectivity index (χ4v) is 3.02. The second-order valence-electron chi connectivity index (χ2n) is 5.71. The molecule has 2 N–H and O–H groups in total. The van der Waals surface area contributed by atoms with Crippen LogP contribution < -0.4 is 0 Å². The minimum atomic E-state index is -4.22. The van der Waals surface area contributed by atoms with Gasteiger partial charge in [0.1, 0.15) is 24.1 Å². The molecule has 0 aliphatic rings. The average Bonchev–Trinajstić information content (AvgIpc) is 2.11. The molecule has 1 aromatic carbocycles. The molecule has 5 nitrogen and oxygen atoms in total. The first-order chi connectivity index (χ1) is 8.51. The van der Waals surface area contributed by atoms with Crippen LogP contribution in [-0.4, -0.2) is 49.3 Å². The van der Waals surface area contributed by atoms with E-state index in [2.05, 4.69) is 0 Å². The highest BCUT2D eigenvalue weighted by atomic mass is 32.2. The quantitative estimate of drug-likeness (QED) is 0.630. The Labute approximate surface area is 114 Å². The number of aliphatic hydroxyl groups is 1. The van der Waals surface area contributed by atoms with Gasteiger partial charge in [0, 0.05) is 5.56 Å². The molecule has 108 valence electrons. The lowest BCUT2D eigenvalue weighted by molar-refractivity contribution is -0.906. The fraction of sp³-hybridized carbons (Fsp3) is 0.538. The highest BCUT2D eigenvalue weighted by molar-refractivity contribution is 7.85.